The molecule has 19 heavy (non-hydrogen) atoms. The van der Waals surface area contributed by atoms with Gasteiger partial charge in [-0.1, -0.05) is 29.8 Å². The van der Waals surface area contributed by atoms with Crippen molar-refractivity contribution in [1.29, 1.82) is 0 Å². The van der Waals surface area contributed by atoms with Gasteiger partial charge in [0.05, 0.1) is 5.02 Å². The first kappa shape index (κ1) is 14.0. The van der Waals surface area contributed by atoms with Crippen LogP contribution in [0.5, 0.6) is 0 Å². The van der Waals surface area contributed by atoms with Crippen LogP contribution in [0.4, 0.5) is 8.78 Å². The van der Waals surface area contributed by atoms with Gasteiger partial charge in [0.25, 0.3) is 0 Å². The third-order valence-electron chi connectivity index (χ3n) is 3.06. The molecule has 0 aromatic heterocycles. The Bertz CT molecular complexity index is 599. The molecule has 0 fully saturated rings. The topological polar surface area (TPSA) is 26.0 Å². The van der Waals surface area contributed by atoms with E-state index in [1.165, 1.54) is 12.1 Å². The number of hydrogen-bond acceptors (Lipinski definition) is 1. The molecule has 0 aliphatic rings. The molecule has 4 heteroatoms. The fourth-order valence-corrected chi connectivity index (χ4v) is 2.08. The maximum absolute atomic E-state index is 13.5. The molecule has 100 valence electrons. The van der Waals surface area contributed by atoms with Crippen LogP contribution in [-0.4, -0.2) is 0 Å². The van der Waals surface area contributed by atoms with Gasteiger partial charge in [-0.3, -0.25) is 0 Å². The highest BCUT2D eigenvalue weighted by atomic mass is 35.5. The molecular weight excluding hydrogens is 268 g/mol. The van der Waals surface area contributed by atoms with Crippen molar-refractivity contribution in [2.24, 2.45) is 5.73 Å². The Hall–Kier alpha value is -1.45. The summed E-state index contributed by atoms with van der Waals surface area (Å²) in [6, 6.07) is 9.06. The summed E-state index contributed by atoms with van der Waals surface area (Å²) in [4.78, 5) is 0. The van der Waals surface area contributed by atoms with Gasteiger partial charge < -0.3 is 5.73 Å². The fourth-order valence-electron chi connectivity index (χ4n) is 1.88. The first-order chi connectivity index (χ1) is 8.97. The lowest BCUT2D eigenvalue weighted by Crippen LogP contribution is -2.13. The molecule has 0 saturated heterocycles. The van der Waals surface area contributed by atoms with Gasteiger partial charge in [-0.2, -0.15) is 0 Å². The Morgan fingerprint density at radius 1 is 1.11 bits per heavy atom. The largest absolute Gasteiger partial charge is 0.324 e. The molecular formula is C15H14ClF2N. The van der Waals surface area contributed by atoms with Crippen molar-refractivity contribution in [1.82, 2.24) is 0 Å². The van der Waals surface area contributed by atoms with Crippen molar-refractivity contribution in [3.63, 3.8) is 0 Å². The Morgan fingerprint density at radius 3 is 2.47 bits per heavy atom. The van der Waals surface area contributed by atoms with Crippen LogP contribution in [0.25, 0.3) is 0 Å². The summed E-state index contributed by atoms with van der Waals surface area (Å²) >= 11 is 5.71. The first-order valence-corrected chi connectivity index (χ1v) is 6.30. The van der Waals surface area contributed by atoms with E-state index in [-0.39, 0.29) is 16.9 Å². The Labute approximate surface area is 116 Å². The number of nitrogens with two attached hydrogens (primary N) is 1. The molecule has 2 aromatic rings. The monoisotopic (exact) mass is 281 g/mol. The number of rotatable bonds is 3. The van der Waals surface area contributed by atoms with Gasteiger partial charge in [-0.15, -0.1) is 0 Å². The summed E-state index contributed by atoms with van der Waals surface area (Å²) in [7, 11) is 0. The van der Waals surface area contributed by atoms with E-state index in [4.69, 9.17) is 17.3 Å². The molecule has 1 atom stereocenters. The minimum atomic E-state index is -0.458. The van der Waals surface area contributed by atoms with E-state index in [2.05, 4.69) is 0 Å². The second-order valence-corrected chi connectivity index (χ2v) is 4.97. The smallest absolute Gasteiger partial charge is 0.141 e. The average molecular weight is 282 g/mol. The number of aryl methyl sites for hydroxylation is 1. The normalized spacial score (nSPS) is 12.5. The predicted octanol–water partition coefficient (Wildman–Crippen LogP) is 4.17. The standard InChI is InChI=1S/C15H14ClF2N/c1-9-2-4-11(8-14(9)18)15(19)7-10-3-5-13(17)12(16)6-10/h2-6,8,15H,7,19H2,1H3. The molecule has 1 unspecified atom stereocenters. The zero-order valence-electron chi connectivity index (χ0n) is 10.5. The van der Waals surface area contributed by atoms with Crippen LogP contribution in [0.3, 0.4) is 0 Å². The molecule has 2 rings (SSSR count). The summed E-state index contributed by atoms with van der Waals surface area (Å²) < 4.78 is 26.5. The second-order valence-electron chi connectivity index (χ2n) is 4.57. The van der Waals surface area contributed by atoms with E-state index in [0.29, 0.717) is 17.5 Å². The molecule has 0 amide bonds. The van der Waals surface area contributed by atoms with Gasteiger partial charge in [-0.25, -0.2) is 8.78 Å². The van der Waals surface area contributed by atoms with Gasteiger partial charge in [0.2, 0.25) is 0 Å². The van der Waals surface area contributed by atoms with Crippen molar-refractivity contribution in [3.05, 3.63) is 69.7 Å². The van der Waals surface area contributed by atoms with Crippen molar-refractivity contribution in [3.8, 4) is 0 Å². The minimum absolute atomic E-state index is 0.0692. The van der Waals surface area contributed by atoms with Gasteiger partial charge in [0.15, 0.2) is 0 Å². The Morgan fingerprint density at radius 2 is 1.84 bits per heavy atom. The lowest BCUT2D eigenvalue weighted by atomic mass is 9.98. The number of hydrogen-bond donors (Lipinski definition) is 1. The van der Waals surface area contributed by atoms with Crippen molar-refractivity contribution >= 4 is 11.6 Å². The molecule has 0 spiro atoms. The van der Waals surface area contributed by atoms with Crippen LogP contribution in [0.2, 0.25) is 5.02 Å². The van der Waals surface area contributed by atoms with Gasteiger partial charge in [0.1, 0.15) is 11.6 Å². The second kappa shape index (κ2) is 5.68. The van der Waals surface area contributed by atoms with Crippen molar-refractivity contribution in [2.45, 2.75) is 19.4 Å². The predicted molar refractivity (Wildman–Crippen MR) is 73.2 cm³/mol. The van der Waals surface area contributed by atoms with Crippen molar-refractivity contribution < 1.29 is 8.78 Å². The fraction of sp³-hybridized carbons (Fsp3) is 0.200. The molecule has 0 heterocycles. The highest BCUT2D eigenvalue weighted by Gasteiger charge is 2.10. The summed E-state index contributed by atoms with van der Waals surface area (Å²) in [5, 5.41) is 0.0692. The van der Waals surface area contributed by atoms with Crippen LogP contribution < -0.4 is 5.73 Å². The third-order valence-corrected chi connectivity index (χ3v) is 3.35. The molecule has 2 N–H and O–H groups in total. The van der Waals surface area contributed by atoms with Crippen LogP contribution in [0, 0.1) is 18.6 Å². The minimum Gasteiger partial charge on any atom is -0.324 e. The maximum atomic E-state index is 13.5. The maximum Gasteiger partial charge on any atom is 0.141 e. The molecule has 0 saturated carbocycles. The molecule has 2 aromatic carbocycles. The van der Waals surface area contributed by atoms with E-state index in [9.17, 15) is 8.78 Å². The lowest BCUT2D eigenvalue weighted by molar-refractivity contribution is 0.609. The molecule has 1 nitrogen and oxygen atoms in total. The number of benzene rings is 2. The van der Waals surface area contributed by atoms with Crippen molar-refractivity contribution in [2.75, 3.05) is 0 Å². The highest BCUT2D eigenvalue weighted by Crippen LogP contribution is 2.22. The molecule has 0 bridgehead atoms. The number of halogens is 3. The van der Waals surface area contributed by atoms with Gasteiger partial charge >= 0.3 is 0 Å². The van der Waals surface area contributed by atoms with E-state index >= 15 is 0 Å². The van der Waals surface area contributed by atoms with Crippen LogP contribution in [0.1, 0.15) is 22.7 Å². The molecule has 0 radical (unpaired) electrons. The third kappa shape index (κ3) is 3.31. The van der Waals surface area contributed by atoms with E-state index in [1.54, 1.807) is 31.2 Å². The van der Waals surface area contributed by atoms with E-state index < -0.39 is 5.82 Å². The SMILES string of the molecule is Cc1ccc(C(N)Cc2ccc(F)c(Cl)c2)cc1F. The first-order valence-electron chi connectivity index (χ1n) is 5.93. The summed E-state index contributed by atoms with van der Waals surface area (Å²) in [5.41, 5.74) is 8.15. The van der Waals surface area contributed by atoms with E-state index in [1.807, 2.05) is 0 Å². The Kier molecular flexibility index (Phi) is 4.17. The van der Waals surface area contributed by atoms with Crippen LogP contribution in [-0.2, 0) is 6.42 Å². The quantitative estimate of drug-likeness (QED) is 0.898. The van der Waals surface area contributed by atoms with Crippen LogP contribution >= 0.6 is 11.6 Å². The zero-order valence-corrected chi connectivity index (χ0v) is 11.2. The Balaban J connectivity index is 2.17. The van der Waals surface area contributed by atoms with Crippen LogP contribution in [0.15, 0.2) is 36.4 Å². The average Bonchev–Trinajstić information content (AvgIpc) is 2.37. The summed E-state index contributed by atoms with van der Waals surface area (Å²) in [6.07, 6.45) is 0.475. The summed E-state index contributed by atoms with van der Waals surface area (Å²) in [6.45, 7) is 1.70. The van der Waals surface area contributed by atoms with E-state index in [0.717, 1.165) is 5.56 Å². The van der Waals surface area contributed by atoms with Gasteiger partial charge in [0, 0.05) is 6.04 Å². The van der Waals surface area contributed by atoms with Gasteiger partial charge in [-0.05, 0) is 48.2 Å². The zero-order chi connectivity index (χ0) is 14.0. The lowest BCUT2D eigenvalue weighted by Gasteiger charge is -2.13. The molecule has 0 aliphatic carbocycles. The highest BCUT2D eigenvalue weighted by molar-refractivity contribution is 6.30. The summed E-state index contributed by atoms with van der Waals surface area (Å²) in [5.74, 6) is -0.731. The molecule has 0 aliphatic heterocycles.